The van der Waals surface area contributed by atoms with Gasteiger partial charge in [-0.1, -0.05) is 40.0 Å². The second-order valence-electron chi connectivity index (χ2n) is 5.07. The summed E-state index contributed by atoms with van der Waals surface area (Å²) in [5.41, 5.74) is 0. The molecule has 0 unspecified atom stereocenters. The summed E-state index contributed by atoms with van der Waals surface area (Å²) in [7, 11) is 0. The molecule has 0 fully saturated rings. The Morgan fingerprint density at radius 1 is 0.688 bits per heavy atom. The van der Waals surface area contributed by atoms with Gasteiger partial charge in [-0.2, -0.15) is 0 Å². The third-order valence-corrected chi connectivity index (χ3v) is 3.51. The molecular formula is C14H32NO+. The highest BCUT2D eigenvalue weighted by Crippen LogP contribution is 2.14. The van der Waals surface area contributed by atoms with Crippen molar-refractivity contribution in [1.82, 2.24) is 0 Å². The number of aliphatic hydroxyl groups excluding tert-OH is 1. The molecule has 0 aliphatic rings. The van der Waals surface area contributed by atoms with Gasteiger partial charge in [0.1, 0.15) is 0 Å². The summed E-state index contributed by atoms with van der Waals surface area (Å²) in [6.45, 7) is 10.5. The molecule has 16 heavy (non-hydrogen) atoms. The normalized spacial score (nSPS) is 12.0. The molecule has 1 N–H and O–H groups in total. The van der Waals surface area contributed by atoms with Crippen molar-refractivity contribution in [2.45, 2.75) is 65.7 Å². The highest BCUT2D eigenvalue weighted by molar-refractivity contribution is 4.46. The van der Waals surface area contributed by atoms with Gasteiger partial charge in [0.25, 0.3) is 0 Å². The van der Waals surface area contributed by atoms with Crippen LogP contribution in [0.2, 0.25) is 0 Å². The van der Waals surface area contributed by atoms with Crippen LogP contribution < -0.4 is 0 Å². The molecule has 98 valence electrons. The molecule has 0 atom stereocenters. The van der Waals surface area contributed by atoms with Crippen molar-refractivity contribution in [3.63, 3.8) is 0 Å². The number of nitrogens with zero attached hydrogens (tertiary/aromatic N) is 1. The Kier molecular flexibility index (Phi) is 10.0. The molecule has 0 amide bonds. The smallest absolute Gasteiger partial charge is 0.180 e. The summed E-state index contributed by atoms with van der Waals surface area (Å²) in [4.78, 5) is 0. The summed E-state index contributed by atoms with van der Waals surface area (Å²) >= 11 is 0. The van der Waals surface area contributed by atoms with E-state index in [9.17, 15) is 5.11 Å². The monoisotopic (exact) mass is 230 g/mol. The zero-order valence-corrected chi connectivity index (χ0v) is 11.7. The highest BCUT2D eigenvalue weighted by Gasteiger charge is 2.24. The molecule has 0 radical (unpaired) electrons. The lowest BCUT2D eigenvalue weighted by Crippen LogP contribution is -2.50. The first kappa shape index (κ1) is 15.9. The highest BCUT2D eigenvalue weighted by atomic mass is 16.3. The summed E-state index contributed by atoms with van der Waals surface area (Å²) in [5, 5.41) is 9.70. The Bertz CT molecular complexity index is 140. The largest absolute Gasteiger partial charge is 0.347 e. The Labute approximate surface area is 102 Å². The molecular weight excluding hydrogens is 198 g/mol. The van der Waals surface area contributed by atoms with Crippen LogP contribution in [0, 0.1) is 0 Å². The van der Waals surface area contributed by atoms with Crippen LogP contribution in [0.15, 0.2) is 0 Å². The average Bonchev–Trinajstić information content (AvgIpc) is 2.32. The summed E-state index contributed by atoms with van der Waals surface area (Å²) < 4.78 is 0.946. The Morgan fingerprint density at radius 2 is 1.12 bits per heavy atom. The molecule has 0 saturated heterocycles. The molecule has 2 nitrogen and oxygen atoms in total. The van der Waals surface area contributed by atoms with Gasteiger partial charge in [-0.15, -0.1) is 0 Å². The number of unbranched alkanes of at least 4 members (excludes halogenated alkanes) is 4. The SMILES string of the molecule is CCCCC[N+](CO)(CCCC)CCCC. The van der Waals surface area contributed by atoms with Crippen LogP contribution in [0.5, 0.6) is 0 Å². The van der Waals surface area contributed by atoms with Crippen molar-refractivity contribution in [3.05, 3.63) is 0 Å². The quantitative estimate of drug-likeness (QED) is 0.327. The Balaban J connectivity index is 4.16. The second kappa shape index (κ2) is 10.1. The third-order valence-electron chi connectivity index (χ3n) is 3.51. The lowest BCUT2D eigenvalue weighted by molar-refractivity contribution is -0.945. The van der Waals surface area contributed by atoms with Crippen molar-refractivity contribution in [3.8, 4) is 0 Å². The van der Waals surface area contributed by atoms with Gasteiger partial charge in [0.15, 0.2) is 6.73 Å². The third kappa shape index (κ3) is 6.49. The predicted molar refractivity (Wildman–Crippen MR) is 71.3 cm³/mol. The molecule has 0 aromatic carbocycles. The minimum atomic E-state index is 0.337. The van der Waals surface area contributed by atoms with Crippen LogP contribution >= 0.6 is 0 Å². The fraction of sp³-hybridized carbons (Fsp3) is 1.00. The van der Waals surface area contributed by atoms with Gasteiger partial charge < -0.3 is 9.59 Å². The number of hydrogen-bond donors (Lipinski definition) is 1. The topological polar surface area (TPSA) is 20.2 Å². The zero-order chi connectivity index (χ0) is 12.3. The van der Waals surface area contributed by atoms with Crippen LogP contribution in [0.4, 0.5) is 0 Å². The number of quaternary nitrogens is 1. The first-order chi connectivity index (χ1) is 7.74. The Morgan fingerprint density at radius 3 is 1.50 bits per heavy atom. The van der Waals surface area contributed by atoms with Crippen LogP contribution in [-0.2, 0) is 0 Å². The molecule has 0 aliphatic heterocycles. The summed E-state index contributed by atoms with van der Waals surface area (Å²) in [5.74, 6) is 0. The van der Waals surface area contributed by atoms with E-state index in [4.69, 9.17) is 0 Å². The van der Waals surface area contributed by atoms with E-state index in [1.54, 1.807) is 0 Å². The fourth-order valence-electron chi connectivity index (χ4n) is 2.23. The van der Waals surface area contributed by atoms with Crippen LogP contribution in [0.1, 0.15) is 65.7 Å². The van der Waals surface area contributed by atoms with E-state index in [1.807, 2.05) is 0 Å². The average molecular weight is 230 g/mol. The van der Waals surface area contributed by atoms with E-state index in [1.165, 1.54) is 51.5 Å². The minimum Gasteiger partial charge on any atom is -0.347 e. The number of hydrogen-bond acceptors (Lipinski definition) is 1. The maximum absolute atomic E-state index is 9.70. The maximum Gasteiger partial charge on any atom is 0.180 e. The van der Waals surface area contributed by atoms with Gasteiger partial charge in [-0.05, 0) is 25.7 Å². The van der Waals surface area contributed by atoms with Crippen molar-refractivity contribution >= 4 is 0 Å². The van der Waals surface area contributed by atoms with E-state index >= 15 is 0 Å². The van der Waals surface area contributed by atoms with Gasteiger partial charge in [-0.3, -0.25) is 0 Å². The van der Waals surface area contributed by atoms with Gasteiger partial charge in [-0.25, -0.2) is 0 Å². The Hall–Kier alpha value is -0.0800. The molecule has 0 rings (SSSR count). The van der Waals surface area contributed by atoms with E-state index in [0.717, 1.165) is 17.6 Å². The van der Waals surface area contributed by atoms with Gasteiger partial charge in [0.05, 0.1) is 19.6 Å². The molecule has 0 spiro atoms. The van der Waals surface area contributed by atoms with Crippen LogP contribution in [0.25, 0.3) is 0 Å². The molecule has 0 saturated carbocycles. The zero-order valence-electron chi connectivity index (χ0n) is 11.7. The number of rotatable bonds is 11. The first-order valence-electron chi connectivity index (χ1n) is 7.20. The van der Waals surface area contributed by atoms with Gasteiger partial charge >= 0.3 is 0 Å². The summed E-state index contributed by atoms with van der Waals surface area (Å²) in [6, 6.07) is 0. The second-order valence-corrected chi connectivity index (χ2v) is 5.07. The molecule has 0 aromatic heterocycles. The fourth-order valence-corrected chi connectivity index (χ4v) is 2.23. The van der Waals surface area contributed by atoms with E-state index < -0.39 is 0 Å². The standard InChI is InChI=1S/C14H32NO/c1-4-7-10-13-15(14-16,11-8-5-2)12-9-6-3/h16H,4-14H2,1-3H3/q+1. The van der Waals surface area contributed by atoms with Crippen LogP contribution in [-0.4, -0.2) is 36.0 Å². The molecule has 2 heteroatoms. The lowest BCUT2D eigenvalue weighted by Gasteiger charge is -2.37. The van der Waals surface area contributed by atoms with E-state index in [2.05, 4.69) is 20.8 Å². The molecule has 0 aliphatic carbocycles. The number of aliphatic hydroxyl groups is 1. The molecule has 0 heterocycles. The van der Waals surface area contributed by atoms with E-state index in [0.29, 0.717) is 6.73 Å². The van der Waals surface area contributed by atoms with E-state index in [-0.39, 0.29) is 0 Å². The lowest BCUT2D eigenvalue weighted by atomic mass is 10.1. The maximum atomic E-state index is 9.70. The van der Waals surface area contributed by atoms with Crippen molar-refractivity contribution in [2.24, 2.45) is 0 Å². The van der Waals surface area contributed by atoms with Crippen molar-refractivity contribution in [2.75, 3.05) is 26.4 Å². The van der Waals surface area contributed by atoms with Gasteiger partial charge in [0.2, 0.25) is 0 Å². The molecule has 0 bridgehead atoms. The molecule has 0 aromatic rings. The summed E-state index contributed by atoms with van der Waals surface area (Å²) in [6.07, 6.45) is 8.81. The van der Waals surface area contributed by atoms with Crippen molar-refractivity contribution in [1.29, 1.82) is 0 Å². The minimum absolute atomic E-state index is 0.337. The van der Waals surface area contributed by atoms with Gasteiger partial charge in [0, 0.05) is 0 Å². The van der Waals surface area contributed by atoms with Crippen LogP contribution in [0.3, 0.4) is 0 Å². The first-order valence-corrected chi connectivity index (χ1v) is 7.20. The predicted octanol–water partition coefficient (Wildman–Crippen LogP) is 3.54. The van der Waals surface area contributed by atoms with Crippen molar-refractivity contribution < 1.29 is 9.59 Å².